The first kappa shape index (κ1) is 14.7. The van der Waals surface area contributed by atoms with E-state index in [2.05, 4.69) is 57.6 Å². The van der Waals surface area contributed by atoms with Gasteiger partial charge in [0.05, 0.1) is 17.3 Å². The third-order valence-corrected chi connectivity index (χ3v) is 5.73. The number of nitrogens with two attached hydrogens (primary N) is 1. The average Bonchev–Trinajstić information content (AvgIpc) is 3.25. The second-order valence-corrected chi connectivity index (χ2v) is 7.33. The van der Waals surface area contributed by atoms with Crippen molar-refractivity contribution in [2.45, 2.75) is 37.6 Å². The van der Waals surface area contributed by atoms with Gasteiger partial charge in [-0.05, 0) is 55.4 Å². The molecule has 25 heavy (non-hydrogen) atoms. The lowest BCUT2D eigenvalue weighted by Crippen LogP contribution is -2.40. The molecule has 1 aliphatic rings. The smallest absolute Gasteiger partial charge is 0.0653 e. The predicted octanol–water partition coefficient (Wildman–Crippen LogP) is 4.17. The average molecular weight is 330 g/mol. The lowest BCUT2D eigenvalue weighted by atomic mass is 9.77. The van der Waals surface area contributed by atoms with Crippen LogP contribution in [0.5, 0.6) is 0 Å². The molecule has 4 aromatic rings. The second-order valence-electron chi connectivity index (χ2n) is 7.33. The largest absolute Gasteiger partial charge is 0.357 e. The Morgan fingerprint density at radius 3 is 3.00 bits per heavy atom. The summed E-state index contributed by atoms with van der Waals surface area (Å²) in [6.45, 7) is 0. The summed E-state index contributed by atoms with van der Waals surface area (Å²) >= 11 is 0. The number of hydrogen-bond donors (Lipinski definition) is 3. The van der Waals surface area contributed by atoms with Gasteiger partial charge in [-0.1, -0.05) is 30.3 Å². The first-order valence-electron chi connectivity index (χ1n) is 9.04. The summed E-state index contributed by atoms with van der Waals surface area (Å²) in [7, 11) is 0. The molecule has 0 amide bonds. The zero-order valence-electron chi connectivity index (χ0n) is 14.2. The third kappa shape index (κ3) is 2.36. The normalized spacial score (nSPS) is 20.2. The lowest BCUT2D eigenvalue weighted by molar-refractivity contribution is 0.339. The van der Waals surface area contributed by atoms with E-state index in [1.54, 1.807) is 0 Å². The van der Waals surface area contributed by atoms with Crippen molar-refractivity contribution in [3.05, 3.63) is 65.5 Å². The maximum absolute atomic E-state index is 6.92. The van der Waals surface area contributed by atoms with E-state index in [0.717, 1.165) is 43.0 Å². The van der Waals surface area contributed by atoms with Crippen LogP contribution >= 0.6 is 0 Å². The van der Waals surface area contributed by atoms with Gasteiger partial charge in [0.15, 0.2) is 0 Å². The summed E-state index contributed by atoms with van der Waals surface area (Å²) in [5.41, 5.74) is 12.9. The molecule has 0 radical (unpaired) electrons. The van der Waals surface area contributed by atoms with Crippen molar-refractivity contribution in [2.75, 3.05) is 0 Å². The van der Waals surface area contributed by atoms with Gasteiger partial charge in [-0.25, -0.2) is 0 Å². The van der Waals surface area contributed by atoms with E-state index in [0.29, 0.717) is 0 Å². The summed E-state index contributed by atoms with van der Waals surface area (Å²) in [5, 5.41) is 9.65. The van der Waals surface area contributed by atoms with Gasteiger partial charge in [-0.3, -0.25) is 5.10 Å². The highest BCUT2D eigenvalue weighted by Gasteiger charge is 2.34. The molecular weight excluding hydrogens is 308 g/mol. The minimum atomic E-state index is -0.268. The Bertz CT molecular complexity index is 1060. The van der Waals surface area contributed by atoms with Crippen LogP contribution in [0, 0.1) is 0 Å². The Kier molecular flexibility index (Phi) is 3.22. The van der Waals surface area contributed by atoms with Gasteiger partial charge >= 0.3 is 0 Å². The first-order valence-corrected chi connectivity index (χ1v) is 9.04. The zero-order valence-corrected chi connectivity index (χ0v) is 14.2. The number of fused-ring (bicyclic) bond motifs is 4. The molecule has 0 aliphatic heterocycles. The van der Waals surface area contributed by atoms with Crippen LogP contribution in [0.4, 0.5) is 0 Å². The molecule has 5 rings (SSSR count). The molecule has 2 heterocycles. The van der Waals surface area contributed by atoms with Crippen molar-refractivity contribution >= 4 is 21.8 Å². The number of aromatic amines is 2. The van der Waals surface area contributed by atoms with Gasteiger partial charge in [0.1, 0.15) is 0 Å². The van der Waals surface area contributed by atoms with Gasteiger partial charge in [-0.2, -0.15) is 5.10 Å². The SMILES string of the molecule is NC1(CCc2ccc3cn[nH]c3c2)CCCc2c1[nH]c1ccccc21. The summed E-state index contributed by atoms with van der Waals surface area (Å²) in [5.74, 6) is 0. The molecule has 0 bridgehead atoms. The number of H-pyrrole nitrogens is 2. The van der Waals surface area contributed by atoms with Crippen molar-refractivity contribution in [1.82, 2.24) is 15.2 Å². The zero-order chi connectivity index (χ0) is 16.9. The second kappa shape index (κ2) is 5.46. The maximum atomic E-state index is 6.92. The fourth-order valence-corrected chi connectivity index (χ4v) is 4.35. The minimum absolute atomic E-state index is 0.268. The number of benzene rings is 2. The van der Waals surface area contributed by atoms with Crippen LogP contribution in [0.15, 0.2) is 48.7 Å². The molecule has 4 nitrogen and oxygen atoms in total. The number of para-hydroxylation sites is 1. The van der Waals surface area contributed by atoms with Gasteiger partial charge in [0.2, 0.25) is 0 Å². The fourth-order valence-electron chi connectivity index (χ4n) is 4.35. The monoisotopic (exact) mass is 330 g/mol. The van der Waals surface area contributed by atoms with E-state index in [4.69, 9.17) is 5.73 Å². The Balaban J connectivity index is 1.47. The summed E-state index contributed by atoms with van der Waals surface area (Å²) in [4.78, 5) is 3.63. The molecular formula is C21H22N4. The highest BCUT2D eigenvalue weighted by atomic mass is 15.1. The summed E-state index contributed by atoms with van der Waals surface area (Å²) in [6, 6.07) is 15.1. The number of nitrogens with one attached hydrogen (secondary N) is 2. The van der Waals surface area contributed by atoms with Gasteiger partial charge in [0, 0.05) is 22.0 Å². The molecule has 2 aromatic carbocycles. The van der Waals surface area contributed by atoms with Crippen LogP contribution in [-0.4, -0.2) is 15.2 Å². The molecule has 1 aliphatic carbocycles. The first-order chi connectivity index (χ1) is 12.2. The Labute approximate surface area is 146 Å². The number of rotatable bonds is 3. The lowest BCUT2D eigenvalue weighted by Gasteiger charge is -2.34. The van der Waals surface area contributed by atoms with E-state index < -0.39 is 0 Å². The number of nitrogens with zero attached hydrogens (tertiary/aromatic N) is 1. The van der Waals surface area contributed by atoms with Crippen LogP contribution in [0.2, 0.25) is 0 Å². The topological polar surface area (TPSA) is 70.5 Å². The number of hydrogen-bond acceptors (Lipinski definition) is 2. The molecule has 0 saturated carbocycles. The number of aromatic nitrogens is 3. The molecule has 0 spiro atoms. The van der Waals surface area contributed by atoms with Gasteiger partial charge in [0.25, 0.3) is 0 Å². The molecule has 126 valence electrons. The highest BCUT2D eigenvalue weighted by Crippen LogP contribution is 2.39. The van der Waals surface area contributed by atoms with Crippen molar-refractivity contribution in [1.29, 1.82) is 0 Å². The molecule has 2 aromatic heterocycles. The van der Waals surface area contributed by atoms with Crippen LogP contribution in [0.25, 0.3) is 21.8 Å². The molecule has 1 unspecified atom stereocenters. The predicted molar refractivity (Wildman–Crippen MR) is 102 cm³/mol. The van der Waals surface area contributed by atoms with Crippen molar-refractivity contribution in [2.24, 2.45) is 5.73 Å². The Morgan fingerprint density at radius 2 is 2.04 bits per heavy atom. The summed E-state index contributed by atoms with van der Waals surface area (Å²) in [6.07, 6.45) is 7.11. The molecule has 4 heteroatoms. The van der Waals surface area contributed by atoms with E-state index in [-0.39, 0.29) is 5.54 Å². The summed E-state index contributed by atoms with van der Waals surface area (Å²) < 4.78 is 0. The van der Waals surface area contributed by atoms with Crippen LogP contribution in [-0.2, 0) is 18.4 Å². The van der Waals surface area contributed by atoms with Crippen molar-refractivity contribution < 1.29 is 0 Å². The number of aryl methyl sites for hydroxylation is 2. The Hall–Kier alpha value is -2.59. The van der Waals surface area contributed by atoms with Crippen LogP contribution < -0.4 is 5.73 Å². The minimum Gasteiger partial charge on any atom is -0.357 e. The molecule has 4 N–H and O–H groups in total. The van der Waals surface area contributed by atoms with E-state index in [9.17, 15) is 0 Å². The molecule has 0 saturated heterocycles. The standard InChI is InChI=1S/C21H22N4/c22-21(11-9-14-7-8-15-13-23-25-19(15)12-14)10-3-5-17-16-4-1-2-6-18(16)24-20(17)21/h1-2,4,6-8,12-13,24H,3,5,9-11,22H2,(H,23,25). The fraction of sp³-hybridized carbons (Fsp3) is 0.286. The van der Waals surface area contributed by atoms with Crippen molar-refractivity contribution in [3.8, 4) is 0 Å². The van der Waals surface area contributed by atoms with Gasteiger partial charge < -0.3 is 10.7 Å². The molecule has 1 atom stereocenters. The van der Waals surface area contributed by atoms with Crippen LogP contribution in [0.3, 0.4) is 0 Å². The van der Waals surface area contributed by atoms with E-state index in [1.165, 1.54) is 27.7 Å². The maximum Gasteiger partial charge on any atom is 0.0653 e. The van der Waals surface area contributed by atoms with E-state index in [1.807, 2.05) is 6.20 Å². The Morgan fingerprint density at radius 1 is 1.12 bits per heavy atom. The van der Waals surface area contributed by atoms with E-state index >= 15 is 0 Å². The highest BCUT2D eigenvalue weighted by molar-refractivity contribution is 5.85. The molecule has 0 fully saturated rings. The quantitative estimate of drug-likeness (QED) is 0.528. The third-order valence-electron chi connectivity index (χ3n) is 5.73. The van der Waals surface area contributed by atoms with Crippen LogP contribution in [0.1, 0.15) is 36.1 Å². The van der Waals surface area contributed by atoms with Gasteiger partial charge in [-0.15, -0.1) is 0 Å². The van der Waals surface area contributed by atoms with Crippen molar-refractivity contribution in [3.63, 3.8) is 0 Å².